The van der Waals surface area contributed by atoms with Crippen molar-refractivity contribution in [3.8, 4) is 11.3 Å². The summed E-state index contributed by atoms with van der Waals surface area (Å²) in [4.78, 5) is 0.216. The Balaban J connectivity index is 2.70. The molecule has 0 saturated heterocycles. The Kier molecular flexibility index (Phi) is 2.66. The van der Waals surface area contributed by atoms with Crippen LogP contribution in [0.5, 0.6) is 0 Å². The first-order valence-electron chi connectivity index (χ1n) is 4.91. The summed E-state index contributed by atoms with van der Waals surface area (Å²) in [6, 6.07) is 6.59. The van der Waals surface area contributed by atoms with Gasteiger partial charge in [0, 0.05) is 17.9 Å². The largest absolute Gasteiger partial charge is 0.381 e. The second kappa shape index (κ2) is 3.89. The van der Waals surface area contributed by atoms with Crippen molar-refractivity contribution in [3.05, 3.63) is 29.8 Å². The fraction of sp³-hybridized carbons (Fsp3) is 0.182. The van der Waals surface area contributed by atoms with Gasteiger partial charge in [0.25, 0.3) is 0 Å². The van der Waals surface area contributed by atoms with Gasteiger partial charge in [-0.3, -0.25) is 0 Å². The van der Waals surface area contributed by atoms with Gasteiger partial charge in [-0.2, -0.15) is 0 Å². The number of rotatable bonds is 2. The average Bonchev–Trinajstić information content (AvgIpc) is 2.63. The van der Waals surface area contributed by atoms with E-state index in [0.717, 1.165) is 11.8 Å². The molecule has 1 aromatic heterocycles. The van der Waals surface area contributed by atoms with Crippen LogP contribution in [0.3, 0.4) is 0 Å². The van der Waals surface area contributed by atoms with E-state index in [-0.39, 0.29) is 10.7 Å². The van der Waals surface area contributed by atoms with E-state index < -0.39 is 9.84 Å². The molecule has 90 valence electrons. The second-order valence-corrected chi connectivity index (χ2v) is 5.87. The number of anilines is 1. The Bertz CT molecular complexity index is 659. The summed E-state index contributed by atoms with van der Waals surface area (Å²) in [6.07, 6.45) is 1.16. The molecule has 0 spiro atoms. The van der Waals surface area contributed by atoms with E-state index >= 15 is 0 Å². The molecule has 0 aliphatic rings. The zero-order valence-electron chi connectivity index (χ0n) is 9.47. The van der Waals surface area contributed by atoms with Crippen molar-refractivity contribution in [2.45, 2.75) is 11.8 Å². The van der Waals surface area contributed by atoms with Gasteiger partial charge in [0.2, 0.25) is 0 Å². The first kappa shape index (κ1) is 11.7. The smallest absolute Gasteiger partial charge is 0.176 e. The zero-order chi connectivity index (χ0) is 12.6. The highest BCUT2D eigenvalue weighted by molar-refractivity contribution is 7.90. The molecule has 0 aliphatic carbocycles. The highest BCUT2D eigenvalue weighted by Crippen LogP contribution is 2.29. The molecule has 2 aromatic rings. The number of aromatic nitrogens is 1. The van der Waals surface area contributed by atoms with Crippen molar-refractivity contribution >= 4 is 15.7 Å². The highest BCUT2D eigenvalue weighted by Gasteiger charge is 2.17. The number of nitrogens with zero attached hydrogens (tertiary/aromatic N) is 1. The molecule has 0 aliphatic heterocycles. The monoisotopic (exact) mass is 252 g/mol. The van der Waals surface area contributed by atoms with Gasteiger partial charge in [0.1, 0.15) is 0 Å². The average molecular weight is 252 g/mol. The van der Waals surface area contributed by atoms with Crippen LogP contribution in [0.1, 0.15) is 5.56 Å². The number of nitrogens with two attached hydrogens (primary N) is 1. The zero-order valence-corrected chi connectivity index (χ0v) is 10.3. The molecule has 1 heterocycles. The van der Waals surface area contributed by atoms with Crippen LogP contribution in [0.25, 0.3) is 11.3 Å². The van der Waals surface area contributed by atoms with Gasteiger partial charge in [-0.15, -0.1) is 0 Å². The Morgan fingerprint density at radius 3 is 2.53 bits per heavy atom. The minimum absolute atomic E-state index is 0.216. The van der Waals surface area contributed by atoms with Crippen molar-refractivity contribution in [1.29, 1.82) is 0 Å². The van der Waals surface area contributed by atoms with E-state index in [1.807, 2.05) is 13.0 Å². The number of benzene rings is 1. The topological polar surface area (TPSA) is 86.2 Å². The van der Waals surface area contributed by atoms with Gasteiger partial charge in [-0.1, -0.05) is 11.2 Å². The van der Waals surface area contributed by atoms with Gasteiger partial charge in [0.05, 0.1) is 4.90 Å². The molecule has 5 nitrogen and oxygen atoms in total. The van der Waals surface area contributed by atoms with Crippen LogP contribution in [0.15, 0.2) is 33.7 Å². The number of nitrogen functional groups attached to an aromatic ring is 1. The summed E-state index contributed by atoms with van der Waals surface area (Å²) in [5.41, 5.74) is 6.79. The normalized spacial score (nSPS) is 11.6. The minimum Gasteiger partial charge on any atom is -0.381 e. The molecule has 2 rings (SSSR count). The summed E-state index contributed by atoms with van der Waals surface area (Å²) in [5.74, 6) is 0.572. The summed E-state index contributed by atoms with van der Waals surface area (Å²) in [7, 11) is -3.32. The van der Waals surface area contributed by atoms with E-state index in [4.69, 9.17) is 10.3 Å². The molecule has 6 heteroatoms. The fourth-order valence-corrected chi connectivity index (χ4v) is 2.52. The quantitative estimate of drug-likeness (QED) is 0.878. The fourth-order valence-electron chi connectivity index (χ4n) is 1.56. The van der Waals surface area contributed by atoms with Crippen LogP contribution < -0.4 is 5.73 Å². The number of sulfone groups is 1. The van der Waals surface area contributed by atoms with Gasteiger partial charge in [0.15, 0.2) is 21.4 Å². The number of hydrogen-bond donors (Lipinski definition) is 1. The lowest BCUT2D eigenvalue weighted by molar-refractivity contribution is 0.435. The van der Waals surface area contributed by atoms with Crippen LogP contribution in [0.2, 0.25) is 0 Å². The first-order chi connectivity index (χ1) is 7.88. The molecular weight excluding hydrogens is 240 g/mol. The van der Waals surface area contributed by atoms with E-state index in [9.17, 15) is 8.42 Å². The first-order valence-corrected chi connectivity index (χ1v) is 6.80. The molecule has 0 amide bonds. The molecule has 17 heavy (non-hydrogen) atoms. The molecule has 0 saturated carbocycles. The van der Waals surface area contributed by atoms with Crippen molar-refractivity contribution < 1.29 is 12.9 Å². The van der Waals surface area contributed by atoms with Gasteiger partial charge in [-0.05, 0) is 24.6 Å². The van der Waals surface area contributed by atoms with Crippen LogP contribution in [-0.2, 0) is 9.84 Å². The van der Waals surface area contributed by atoms with Crippen LogP contribution in [0, 0.1) is 6.92 Å². The third-order valence-electron chi connectivity index (χ3n) is 2.33. The van der Waals surface area contributed by atoms with E-state index in [1.165, 1.54) is 6.07 Å². The standard InChI is InChI=1S/C11H12N2O3S/c1-7-3-4-8(9-6-11(12)13-16-9)10(5-7)17(2,14)15/h3-6H,1-2H3,(H2,12,13). The van der Waals surface area contributed by atoms with Crippen LogP contribution >= 0.6 is 0 Å². The highest BCUT2D eigenvalue weighted by atomic mass is 32.2. The molecule has 0 unspecified atom stereocenters. The van der Waals surface area contributed by atoms with Crippen molar-refractivity contribution in [2.24, 2.45) is 0 Å². The maximum atomic E-state index is 11.7. The number of hydrogen-bond acceptors (Lipinski definition) is 5. The lowest BCUT2D eigenvalue weighted by Gasteiger charge is -2.05. The lowest BCUT2D eigenvalue weighted by Crippen LogP contribution is -2.00. The summed E-state index contributed by atoms with van der Waals surface area (Å²) in [6.45, 7) is 1.83. The minimum atomic E-state index is -3.32. The third-order valence-corrected chi connectivity index (χ3v) is 3.47. The predicted molar refractivity (Wildman–Crippen MR) is 64.2 cm³/mol. The lowest BCUT2D eigenvalue weighted by atomic mass is 10.1. The summed E-state index contributed by atoms with van der Waals surface area (Å²) >= 11 is 0. The van der Waals surface area contributed by atoms with Gasteiger partial charge in [-0.25, -0.2) is 8.42 Å². The van der Waals surface area contributed by atoms with E-state index in [2.05, 4.69) is 5.16 Å². The maximum absolute atomic E-state index is 11.7. The van der Waals surface area contributed by atoms with Crippen LogP contribution in [0.4, 0.5) is 5.82 Å². The Hall–Kier alpha value is -1.82. The molecule has 0 radical (unpaired) electrons. The van der Waals surface area contributed by atoms with Crippen LogP contribution in [-0.4, -0.2) is 19.8 Å². The molecule has 0 fully saturated rings. The number of aryl methyl sites for hydroxylation is 1. The van der Waals surface area contributed by atoms with E-state index in [1.54, 1.807) is 12.1 Å². The van der Waals surface area contributed by atoms with Crippen molar-refractivity contribution in [2.75, 3.05) is 12.0 Å². The van der Waals surface area contributed by atoms with Crippen molar-refractivity contribution in [1.82, 2.24) is 5.16 Å². The molecule has 1 aromatic carbocycles. The Morgan fingerprint density at radius 2 is 2.00 bits per heavy atom. The van der Waals surface area contributed by atoms with Gasteiger partial charge >= 0.3 is 0 Å². The SMILES string of the molecule is Cc1ccc(-c2cc(N)no2)c(S(C)(=O)=O)c1. The summed E-state index contributed by atoms with van der Waals surface area (Å²) in [5, 5.41) is 3.55. The van der Waals surface area contributed by atoms with Gasteiger partial charge < -0.3 is 10.3 Å². The summed E-state index contributed by atoms with van der Waals surface area (Å²) < 4.78 is 28.4. The molecular formula is C11H12N2O3S. The Labute approximate surface area is 99.1 Å². The molecule has 0 atom stereocenters. The Morgan fingerprint density at radius 1 is 1.29 bits per heavy atom. The molecule has 0 bridgehead atoms. The predicted octanol–water partition coefficient (Wildman–Crippen LogP) is 1.64. The third kappa shape index (κ3) is 2.31. The van der Waals surface area contributed by atoms with Crippen molar-refractivity contribution in [3.63, 3.8) is 0 Å². The molecule has 2 N–H and O–H groups in total. The van der Waals surface area contributed by atoms with E-state index in [0.29, 0.717) is 11.3 Å². The second-order valence-electron chi connectivity index (χ2n) is 3.89. The maximum Gasteiger partial charge on any atom is 0.176 e.